The van der Waals surface area contributed by atoms with Gasteiger partial charge < -0.3 is 4.74 Å². The second-order valence-corrected chi connectivity index (χ2v) is 8.24. The molecule has 0 heterocycles. The smallest absolute Gasteiger partial charge is 0.123 e. The molecule has 106 valence electrons. The zero-order valence-electron chi connectivity index (χ0n) is 10.9. The SMILES string of the molecule is COc1cc(C)c(Br)cc1C(Br)c1cc(I)ccc1Br. The minimum absolute atomic E-state index is 0.0680. The summed E-state index contributed by atoms with van der Waals surface area (Å²) in [4.78, 5) is 0.0680. The highest BCUT2D eigenvalue weighted by Gasteiger charge is 2.19. The van der Waals surface area contributed by atoms with Crippen LogP contribution in [0, 0.1) is 10.5 Å². The van der Waals surface area contributed by atoms with Gasteiger partial charge >= 0.3 is 0 Å². The van der Waals surface area contributed by atoms with Gasteiger partial charge in [-0.25, -0.2) is 0 Å². The molecule has 0 aliphatic rings. The number of alkyl halides is 1. The zero-order chi connectivity index (χ0) is 14.9. The quantitative estimate of drug-likeness (QED) is 0.296. The molecule has 0 radical (unpaired) electrons. The van der Waals surface area contributed by atoms with Crippen LogP contribution in [-0.4, -0.2) is 7.11 Å². The van der Waals surface area contributed by atoms with Crippen molar-refractivity contribution in [2.45, 2.75) is 11.8 Å². The molecular weight excluding hydrogens is 563 g/mol. The van der Waals surface area contributed by atoms with E-state index in [1.807, 2.05) is 0 Å². The van der Waals surface area contributed by atoms with Crippen molar-refractivity contribution in [2.24, 2.45) is 0 Å². The van der Waals surface area contributed by atoms with Crippen molar-refractivity contribution in [1.82, 2.24) is 0 Å². The van der Waals surface area contributed by atoms with Gasteiger partial charge in [-0.15, -0.1) is 0 Å². The molecule has 0 aromatic heterocycles. The third kappa shape index (κ3) is 3.59. The van der Waals surface area contributed by atoms with Crippen LogP contribution < -0.4 is 4.74 Å². The number of hydrogen-bond acceptors (Lipinski definition) is 1. The van der Waals surface area contributed by atoms with E-state index in [1.54, 1.807) is 7.11 Å². The Bertz CT molecular complexity index is 643. The minimum atomic E-state index is 0.0680. The average Bonchev–Trinajstić information content (AvgIpc) is 2.43. The molecule has 0 spiro atoms. The Balaban J connectivity index is 2.55. The lowest BCUT2D eigenvalue weighted by molar-refractivity contribution is 0.410. The van der Waals surface area contributed by atoms with E-state index < -0.39 is 0 Å². The number of methoxy groups -OCH3 is 1. The minimum Gasteiger partial charge on any atom is -0.496 e. The fraction of sp³-hybridized carbons (Fsp3) is 0.200. The molecule has 0 amide bonds. The monoisotopic (exact) mass is 572 g/mol. The van der Waals surface area contributed by atoms with Crippen LogP contribution in [-0.2, 0) is 0 Å². The Morgan fingerprint density at radius 2 is 1.75 bits per heavy atom. The maximum absolute atomic E-state index is 5.53. The number of hydrogen-bond donors (Lipinski definition) is 0. The Hall–Kier alpha value is 0.410. The van der Waals surface area contributed by atoms with Crippen LogP contribution in [0.1, 0.15) is 21.5 Å². The number of ether oxygens (including phenoxy) is 1. The number of rotatable bonds is 3. The molecule has 0 bridgehead atoms. The molecule has 1 atom stereocenters. The Morgan fingerprint density at radius 1 is 1.05 bits per heavy atom. The molecule has 0 aliphatic carbocycles. The molecule has 2 rings (SSSR count). The molecule has 1 nitrogen and oxygen atoms in total. The first-order chi connectivity index (χ1) is 9.43. The van der Waals surface area contributed by atoms with Crippen LogP contribution in [0.5, 0.6) is 5.75 Å². The van der Waals surface area contributed by atoms with Crippen LogP contribution in [0.2, 0.25) is 0 Å². The largest absolute Gasteiger partial charge is 0.496 e. The molecule has 0 fully saturated rings. The van der Waals surface area contributed by atoms with Crippen molar-refractivity contribution in [3.8, 4) is 5.75 Å². The van der Waals surface area contributed by atoms with E-state index in [2.05, 4.69) is 108 Å². The van der Waals surface area contributed by atoms with Crippen LogP contribution in [0.25, 0.3) is 0 Å². The highest BCUT2D eigenvalue weighted by molar-refractivity contribution is 14.1. The van der Waals surface area contributed by atoms with E-state index in [0.29, 0.717) is 0 Å². The molecule has 1 unspecified atom stereocenters. The molecule has 0 aliphatic heterocycles. The summed E-state index contributed by atoms with van der Waals surface area (Å²) in [5.74, 6) is 0.887. The van der Waals surface area contributed by atoms with E-state index in [9.17, 15) is 0 Å². The van der Waals surface area contributed by atoms with Gasteiger partial charge in [-0.2, -0.15) is 0 Å². The Labute approximate surface area is 158 Å². The highest BCUT2D eigenvalue weighted by Crippen LogP contribution is 2.42. The number of halogens is 4. The molecule has 2 aromatic carbocycles. The van der Waals surface area contributed by atoms with Crippen molar-refractivity contribution < 1.29 is 4.74 Å². The van der Waals surface area contributed by atoms with Gasteiger partial charge in [-0.3, -0.25) is 0 Å². The van der Waals surface area contributed by atoms with Gasteiger partial charge in [0.25, 0.3) is 0 Å². The van der Waals surface area contributed by atoms with Gasteiger partial charge in [0.05, 0.1) is 11.9 Å². The van der Waals surface area contributed by atoms with E-state index in [0.717, 1.165) is 25.8 Å². The molecular formula is C15H12Br3IO. The topological polar surface area (TPSA) is 9.23 Å². The van der Waals surface area contributed by atoms with E-state index in [1.165, 1.54) is 9.13 Å². The van der Waals surface area contributed by atoms with Gasteiger partial charge in [-0.1, -0.05) is 47.8 Å². The van der Waals surface area contributed by atoms with Crippen molar-refractivity contribution >= 4 is 70.4 Å². The van der Waals surface area contributed by atoms with E-state index >= 15 is 0 Å². The first kappa shape index (κ1) is 16.8. The second kappa shape index (κ2) is 7.11. The van der Waals surface area contributed by atoms with Crippen LogP contribution >= 0.6 is 70.4 Å². The van der Waals surface area contributed by atoms with Gasteiger partial charge in [0.2, 0.25) is 0 Å². The molecule has 20 heavy (non-hydrogen) atoms. The lowest BCUT2D eigenvalue weighted by atomic mass is 10.0. The van der Waals surface area contributed by atoms with Crippen molar-refractivity contribution in [2.75, 3.05) is 7.11 Å². The van der Waals surface area contributed by atoms with Crippen LogP contribution in [0.15, 0.2) is 39.3 Å². The van der Waals surface area contributed by atoms with Crippen molar-refractivity contribution in [1.29, 1.82) is 0 Å². The molecule has 5 heteroatoms. The maximum atomic E-state index is 5.53. The number of aryl methyl sites for hydroxylation is 1. The second-order valence-electron chi connectivity index (χ2n) is 4.37. The van der Waals surface area contributed by atoms with Crippen molar-refractivity contribution in [3.05, 3.63) is 59.5 Å². The van der Waals surface area contributed by atoms with Crippen LogP contribution in [0.3, 0.4) is 0 Å². The summed E-state index contributed by atoms with van der Waals surface area (Å²) in [7, 11) is 1.70. The lowest BCUT2D eigenvalue weighted by Gasteiger charge is -2.18. The van der Waals surface area contributed by atoms with E-state index in [-0.39, 0.29) is 4.83 Å². The van der Waals surface area contributed by atoms with Crippen LogP contribution in [0.4, 0.5) is 0 Å². The predicted molar refractivity (Wildman–Crippen MR) is 103 cm³/mol. The summed E-state index contributed by atoms with van der Waals surface area (Å²) in [5, 5.41) is 0. The Morgan fingerprint density at radius 3 is 2.40 bits per heavy atom. The zero-order valence-corrected chi connectivity index (χ0v) is 17.8. The van der Waals surface area contributed by atoms with Crippen molar-refractivity contribution in [3.63, 3.8) is 0 Å². The summed E-state index contributed by atoms with van der Waals surface area (Å²) < 4.78 is 8.89. The van der Waals surface area contributed by atoms with Gasteiger partial charge in [0.1, 0.15) is 5.75 Å². The number of benzene rings is 2. The summed E-state index contributed by atoms with van der Waals surface area (Å²) in [6.07, 6.45) is 0. The normalized spacial score (nSPS) is 12.3. The highest BCUT2D eigenvalue weighted by atomic mass is 127. The third-order valence-electron chi connectivity index (χ3n) is 3.02. The predicted octanol–water partition coefficient (Wildman–Crippen LogP) is 6.62. The fourth-order valence-corrected chi connectivity index (χ4v) is 4.32. The third-order valence-corrected chi connectivity index (χ3v) is 6.25. The summed E-state index contributed by atoms with van der Waals surface area (Å²) >= 11 is 13.3. The standard InChI is InChI=1S/C15H12Br3IO/c1-8-5-14(20-2)11(7-13(8)17)15(18)10-6-9(19)3-4-12(10)16/h3-7,15H,1-2H3. The van der Waals surface area contributed by atoms with Gasteiger partial charge in [-0.05, 0) is 71.0 Å². The summed E-state index contributed by atoms with van der Waals surface area (Å²) in [6.45, 7) is 2.06. The summed E-state index contributed by atoms with van der Waals surface area (Å²) in [6, 6.07) is 10.5. The maximum Gasteiger partial charge on any atom is 0.123 e. The first-order valence-corrected chi connectivity index (χ1v) is 9.45. The van der Waals surface area contributed by atoms with Gasteiger partial charge in [0.15, 0.2) is 0 Å². The molecule has 0 N–H and O–H groups in total. The van der Waals surface area contributed by atoms with Gasteiger partial charge in [0, 0.05) is 18.1 Å². The molecule has 0 saturated carbocycles. The fourth-order valence-electron chi connectivity index (χ4n) is 1.92. The summed E-state index contributed by atoms with van der Waals surface area (Å²) in [5.41, 5.74) is 3.45. The Kier molecular flexibility index (Phi) is 5.97. The average molecular weight is 575 g/mol. The van der Waals surface area contributed by atoms with E-state index in [4.69, 9.17) is 4.74 Å². The lowest BCUT2D eigenvalue weighted by Crippen LogP contribution is -1.99. The molecule has 2 aromatic rings. The molecule has 0 saturated heterocycles. The first-order valence-electron chi connectivity index (χ1n) is 5.87.